The van der Waals surface area contributed by atoms with Crippen LogP contribution in [0.5, 0.6) is 0 Å². The van der Waals surface area contributed by atoms with Crippen molar-refractivity contribution in [3.05, 3.63) is 54.6 Å². The van der Waals surface area contributed by atoms with Crippen molar-refractivity contribution in [3.8, 4) is 0 Å². The van der Waals surface area contributed by atoms with E-state index >= 15 is 0 Å². The summed E-state index contributed by atoms with van der Waals surface area (Å²) in [5, 5.41) is 8.21. The number of hydrogen-bond acceptors (Lipinski definition) is 3. The Morgan fingerprint density at radius 3 is 1.95 bits per heavy atom. The Hall–Kier alpha value is -3.02. The van der Waals surface area contributed by atoms with Crippen molar-refractivity contribution in [2.24, 2.45) is 5.73 Å². The molecule has 3 amide bonds. The van der Waals surface area contributed by atoms with Gasteiger partial charge in [0.2, 0.25) is 5.91 Å². The lowest BCUT2D eigenvalue weighted by Gasteiger charge is -2.08. The van der Waals surface area contributed by atoms with E-state index in [1.165, 1.54) is 0 Å². The summed E-state index contributed by atoms with van der Waals surface area (Å²) in [7, 11) is 0. The van der Waals surface area contributed by atoms with Crippen LogP contribution in [0.3, 0.4) is 0 Å². The van der Waals surface area contributed by atoms with Gasteiger partial charge in [0, 0.05) is 17.1 Å². The molecule has 5 N–H and O–H groups in total. The number of urea groups is 1. The van der Waals surface area contributed by atoms with Crippen LogP contribution in [0, 0.1) is 0 Å². The van der Waals surface area contributed by atoms with Gasteiger partial charge >= 0.3 is 6.03 Å². The van der Waals surface area contributed by atoms with Crippen LogP contribution in [0.2, 0.25) is 0 Å². The number of rotatable bonds is 5. The fraction of sp³-hybridized carbons (Fsp3) is 0.0667. The van der Waals surface area contributed by atoms with E-state index in [0.29, 0.717) is 11.4 Å². The number of carbonyl (C=O) groups is 2. The normalized spacial score (nSPS) is 9.71. The predicted molar refractivity (Wildman–Crippen MR) is 83.2 cm³/mol. The highest BCUT2D eigenvalue weighted by molar-refractivity contribution is 5.94. The molecule has 21 heavy (non-hydrogen) atoms. The fourth-order valence-electron chi connectivity index (χ4n) is 1.72. The minimum Gasteiger partial charge on any atom is -0.376 e. The lowest BCUT2D eigenvalue weighted by atomic mass is 10.2. The molecule has 2 aromatic rings. The second-order valence-corrected chi connectivity index (χ2v) is 4.33. The summed E-state index contributed by atoms with van der Waals surface area (Å²) >= 11 is 0. The molecular formula is C15H16N4O2. The SMILES string of the molecule is NC(=O)Nc1ccc(NC(=O)CNc2ccccc2)cc1. The highest BCUT2D eigenvalue weighted by Crippen LogP contribution is 2.13. The van der Waals surface area contributed by atoms with Crippen molar-refractivity contribution >= 4 is 29.0 Å². The molecule has 0 fully saturated rings. The highest BCUT2D eigenvalue weighted by atomic mass is 16.2. The average Bonchev–Trinajstić information content (AvgIpc) is 2.48. The number of amides is 3. The standard InChI is InChI=1S/C15H16N4O2/c16-15(21)19-13-8-6-12(7-9-13)18-14(20)10-17-11-4-2-1-3-5-11/h1-9,17H,10H2,(H,18,20)(H3,16,19,21). The molecular weight excluding hydrogens is 268 g/mol. The monoisotopic (exact) mass is 284 g/mol. The van der Waals surface area contributed by atoms with Gasteiger partial charge in [0.1, 0.15) is 0 Å². The summed E-state index contributed by atoms with van der Waals surface area (Å²) < 4.78 is 0. The van der Waals surface area contributed by atoms with Crippen molar-refractivity contribution in [1.29, 1.82) is 0 Å². The molecule has 2 rings (SSSR count). The Bertz CT molecular complexity index is 611. The molecule has 6 heteroatoms. The lowest BCUT2D eigenvalue weighted by Crippen LogP contribution is -2.22. The molecule has 0 aromatic heterocycles. The molecule has 0 spiro atoms. The van der Waals surface area contributed by atoms with Crippen LogP contribution >= 0.6 is 0 Å². The minimum atomic E-state index is -0.626. The second-order valence-electron chi connectivity index (χ2n) is 4.33. The van der Waals surface area contributed by atoms with Gasteiger partial charge in [0.15, 0.2) is 0 Å². The lowest BCUT2D eigenvalue weighted by molar-refractivity contribution is -0.114. The van der Waals surface area contributed by atoms with Crippen LogP contribution < -0.4 is 21.7 Å². The minimum absolute atomic E-state index is 0.158. The average molecular weight is 284 g/mol. The van der Waals surface area contributed by atoms with Crippen LogP contribution in [-0.2, 0) is 4.79 Å². The van der Waals surface area contributed by atoms with Gasteiger partial charge in [0.25, 0.3) is 0 Å². The van der Waals surface area contributed by atoms with Gasteiger partial charge in [-0.3, -0.25) is 4.79 Å². The van der Waals surface area contributed by atoms with E-state index in [-0.39, 0.29) is 12.5 Å². The van der Waals surface area contributed by atoms with Gasteiger partial charge in [-0.25, -0.2) is 4.79 Å². The maximum atomic E-state index is 11.8. The van der Waals surface area contributed by atoms with Crippen LogP contribution in [-0.4, -0.2) is 18.5 Å². The topological polar surface area (TPSA) is 96.2 Å². The third-order valence-corrected chi connectivity index (χ3v) is 2.66. The molecule has 0 radical (unpaired) electrons. The molecule has 0 saturated heterocycles. The van der Waals surface area contributed by atoms with Gasteiger partial charge in [-0.2, -0.15) is 0 Å². The van der Waals surface area contributed by atoms with Gasteiger partial charge in [0.05, 0.1) is 6.54 Å². The molecule has 0 unspecified atom stereocenters. The fourth-order valence-corrected chi connectivity index (χ4v) is 1.72. The summed E-state index contributed by atoms with van der Waals surface area (Å²) in [5.41, 5.74) is 7.11. The summed E-state index contributed by atoms with van der Waals surface area (Å²) in [6.45, 7) is 0.172. The van der Waals surface area contributed by atoms with Gasteiger partial charge in [-0.05, 0) is 36.4 Å². The summed E-state index contributed by atoms with van der Waals surface area (Å²) in [6.07, 6.45) is 0. The quantitative estimate of drug-likeness (QED) is 0.678. The molecule has 0 aliphatic rings. The van der Waals surface area contributed by atoms with Gasteiger partial charge < -0.3 is 21.7 Å². The predicted octanol–water partition coefficient (Wildman–Crippen LogP) is 2.23. The number of benzene rings is 2. The van der Waals surface area contributed by atoms with Crippen molar-refractivity contribution in [2.45, 2.75) is 0 Å². The number of primary amides is 1. The van der Waals surface area contributed by atoms with Crippen molar-refractivity contribution in [3.63, 3.8) is 0 Å². The summed E-state index contributed by atoms with van der Waals surface area (Å²) in [5.74, 6) is -0.158. The summed E-state index contributed by atoms with van der Waals surface area (Å²) in [4.78, 5) is 22.5. The first kappa shape index (κ1) is 14.4. The highest BCUT2D eigenvalue weighted by Gasteiger charge is 2.02. The van der Waals surface area contributed by atoms with E-state index in [1.54, 1.807) is 24.3 Å². The Morgan fingerprint density at radius 1 is 0.810 bits per heavy atom. The van der Waals surface area contributed by atoms with Crippen molar-refractivity contribution in [1.82, 2.24) is 0 Å². The number of para-hydroxylation sites is 1. The first-order valence-corrected chi connectivity index (χ1v) is 6.39. The van der Waals surface area contributed by atoms with E-state index in [9.17, 15) is 9.59 Å². The van der Waals surface area contributed by atoms with E-state index in [1.807, 2.05) is 30.3 Å². The number of hydrogen-bond donors (Lipinski definition) is 4. The smallest absolute Gasteiger partial charge is 0.316 e. The first-order chi connectivity index (χ1) is 10.1. The van der Waals surface area contributed by atoms with Crippen molar-refractivity contribution < 1.29 is 9.59 Å². The Balaban J connectivity index is 1.83. The Labute approximate surface area is 122 Å². The molecule has 0 saturated carbocycles. The molecule has 0 aliphatic heterocycles. The maximum Gasteiger partial charge on any atom is 0.316 e. The molecule has 0 atom stereocenters. The van der Waals surface area contributed by atoms with Crippen LogP contribution in [0.4, 0.5) is 21.9 Å². The largest absolute Gasteiger partial charge is 0.376 e. The zero-order valence-corrected chi connectivity index (χ0v) is 11.3. The zero-order valence-electron chi connectivity index (χ0n) is 11.3. The summed E-state index contributed by atoms with van der Waals surface area (Å²) in [6, 6.07) is 15.5. The molecule has 0 aliphatic carbocycles. The van der Waals surface area contributed by atoms with E-state index in [0.717, 1.165) is 5.69 Å². The van der Waals surface area contributed by atoms with E-state index in [4.69, 9.17) is 5.73 Å². The maximum absolute atomic E-state index is 11.8. The number of nitrogens with one attached hydrogen (secondary N) is 3. The number of nitrogens with two attached hydrogens (primary N) is 1. The second kappa shape index (κ2) is 6.95. The van der Waals surface area contributed by atoms with Gasteiger partial charge in [-0.1, -0.05) is 18.2 Å². The zero-order chi connectivity index (χ0) is 15.1. The Morgan fingerprint density at radius 2 is 1.38 bits per heavy atom. The number of anilines is 3. The van der Waals surface area contributed by atoms with E-state index in [2.05, 4.69) is 16.0 Å². The van der Waals surface area contributed by atoms with Crippen LogP contribution in [0.25, 0.3) is 0 Å². The molecule has 108 valence electrons. The molecule has 2 aromatic carbocycles. The molecule has 0 bridgehead atoms. The van der Waals surface area contributed by atoms with Crippen LogP contribution in [0.1, 0.15) is 0 Å². The van der Waals surface area contributed by atoms with Crippen LogP contribution in [0.15, 0.2) is 54.6 Å². The third kappa shape index (κ3) is 4.87. The third-order valence-electron chi connectivity index (χ3n) is 2.66. The molecule has 6 nitrogen and oxygen atoms in total. The molecule has 0 heterocycles. The van der Waals surface area contributed by atoms with E-state index < -0.39 is 6.03 Å². The van der Waals surface area contributed by atoms with Gasteiger partial charge in [-0.15, -0.1) is 0 Å². The first-order valence-electron chi connectivity index (χ1n) is 6.39. The van der Waals surface area contributed by atoms with Crippen molar-refractivity contribution in [2.75, 3.05) is 22.5 Å². The Kier molecular flexibility index (Phi) is 4.76. The number of carbonyl (C=O) groups excluding carboxylic acids is 2.